The smallest absolute Gasteiger partial charge is 0.227 e. The molecule has 152 valence electrons. The first-order chi connectivity index (χ1) is 14.0. The SMILES string of the molecule is CCOc1ccc(-c2noc(CCC(=O)Nc3c(C)cccc3C(C)C)n2)cc1. The van der Waals surface area contributed by atoms with Gasteiger partial charge in [-0.25, -0.2) is 0 Å². The lowest BCUT2D eigenvalue weighted by Gasteiger charge is -2.16. The molecule has 0 atom stereocenters. The zero-order chi connectivity index (χ0) is 20.8. The summed E-state index contributed by atoms with van der Waals surface area (Å²) in [5.41, 5.74) is 3.93. The van der Waals surface area contributed by atoms with Crippen LogP contribution in [0.3, 0.4) is 0 Å². The lowest BCUT2D eigenvalue weighted by Crippen LogP contribution is -2.15. The summed E-state index contributed by atoms with van der Waals surface area (Å²) >= 11 is 0. The van der Waals surface area contributed by atoms with E-state index >= 15 is 0 Å². The Morgan fingerprint density at radius 2 is 1.93 bits per heavy atom. The van der Waals surface area contributed by atoms with Crippen molar-refractivity contribution in [3.05, 3.63) is 59.5 Å². The molecule has 0 saturated carbocycles. The molecule has 3 rings (SSSR count). The Hall–Kier alpha value is -3.15. The highest BCUT2D eigenvalue weighted by molar-refractivity contribution is 5.92. The first kappa shape index (κ1) is 20.6. The van der Waals surface area contributed by atoms with Crippen molar-refractivity contribution in [2.75, 3.05) is 11.9 Å². The second-order valence-electron chi connectivity index (χ2n) is 7.21. The van der Waals surface area contributed by atoms with Crippen LogP contribution in [0.25, 0.3) is 11.4 Å². The Morgan fingerprint density at radius 3 is 2.62 bits per heavy atom. The number of carbonyl (C=O) groups is 1. The van der Waals surface area contributed by atoms with Crippen LogP contribution in [0.15, 0.2) is 47.0 Å². The number of amides is 1. The third kappa shape index (κ3) is 5.22. The number of nitrogens with one attached hydrogen (secondary N) is 1. The molecule has 3 aromatic rings. The van der Waals surface area contributed by atoms with Crippen molar-refractivity contribution in [2.45, 2.75) is 46.5 Å². The summed E-state index contributed by atoms with van der Waals surface area (Å²) in [6.45, 7) is 8.80. The van der Waals surface area contributed by atoms with Gasteiger partial charge in [-0.1, -0.05) is 37.2 Å². The maximum absolute atomic E-state index is 12.5. The maximum atomic E-state index is 12.5. The number of rotatable bonds is 8. The van der Waals surface area contributed by atoms with Gasteiger partial charge in [-0.2, -0.15) is 4.98 Å². The second-order valence-corrected chi connectivity index (χ2v) is 7.21. The molecule has 0 bridgehead atoms. The average Bonchev–Trinajstić information content (AvgIpc) is 3.18. The van der Waals surface area contributed by atoms with E-state index in [2.05, 4.69) is 29.3 Å². The fraction of sp³-hybridized carbons (Fsp3) is 0.348. The molecule has 0 aliphatic rings. The molecular formula is C23H27N3O3. The number of anilines is 1. The molecule has 0 aliphatic carbocycles. The zero-order valence-electron chi connectivity index (χ0n) is 17.4. The number of benzene rings is 2. The van der Waals surface area contributed by atoms with Gasteiger partial charge in [-0.3, -0.25) is 4.79 Å². The zero-order valence-corrected chi connectivity index (χ0v) is 17.4. The minimum Gasteiger partial charge on any atom is -0.494 e. The topological polar surface area (TPSA) is 77.2 Å². The minimum absolute atomic E-state index is 0.0676. The lowest BCUT2D eigenvalue weighted by atomic mass is 9.98. The highest BCUT2D eigenvalue weighted by atomic mass is 16.5. The molecule has 0 unspecified atom stereocenters. The van der Waals surface area contributed by atoms with Crippen LogP contribution < -0.4 is 10.1 Å². The van der Waals surface area contributed by atoms with Gasteiger partial charge in [-0.05, 0) is 55.2 Å². The third-order valence-electron chi connectivity index (χ3n) is 4.65. The van der Waals surface area contributed by atoms with Crippen LogP contribution in [0, 0.1) is 6.92 Å². The monoisotopic (exact) mass is 393 g/mol. The number of nitrogens with zero attached hydrogens (tertiary/aromatic N) is 2. The van der Waals surface area contributed by atoms with Gasteiger partial charge < -0.3 is 14.6 Å². The molecule has 1 N–H and O–H groups in total. The third-order valence-corrected chi connectivity index (χ3v) is 4.65. The molecule has 6 nitrogen and oxygen atoms in total. The van der Waals surface area contributed by atoms with Gasteiger partial charge in [0.1, 0.15) is 5.75 Å². The summed E-state index contributed by atoms with van der Waals surface area (Å²) in [6, 6.07) is 13.6. The van der Waals surface area contributed by atoms with Crippen molar-refractivity contribution < 1.29 is 14.1 Å². The molecule has 1 aromatic heterocycles. The van der Waals surface area contributed by atoms with E-state index in [-0.39, 0.29) is 12.3 Å². The Labute approximate surface area is 171 Å². The Kier molecular flexibility index (Phi) is 6.65. The summed E-state index contributed by atoms with van der Waals surface area (Å²) in [6.07, 6.45) is 0.662. The molecule has 6 heteroatoms. The van der Waals surface area contributed by atoms with Crippen LogP contribution in [-0.2, 0) is 11.2 Å². The minimum atomic E-state index is -0.0676. The van der Waals surface area contributed by atoms with Crippen molar-refractivity contribution in [3.8, 4) is 17.1 Å². The summed E-state index contributed by atoms with van der Waals surface area (Å²) in [4.78, 5) is 16.9. The van der Waals surface area contributed by atoms with Gasteiger partial charge in [0.05, 0.1) is 6.61 Å². The standard InChI is InChI=1S/C23H27N3O3/c1-5-28-18-11-9-17(10-12-18)23-25-21(29-26-23)14-13-20(27)24-22-16(4)7-6-8-19(22)15(2)3/h6-12,15H,5,13-14H2,1-4H3,(H,24,27). The molecule has 0 radical (unpaired) electrons. The number of aromatic nitrogens is 2. The van der Waals surface area contributed by atoms with Gasteiger partial charge in [0.25, 0.3) is 0 Å². The van der Waals surface area contributed by atoms with Crippen molar-refractivity contribution in [1.29, 1.82) is 0 Å². The fourth-order valence-electron chi connectivity index (χ4n) is 3.11. The van der Waals surface area contributed by atoms with E-state index in [0.717, 1.165) is 28.1 Å². The number of hydrogen-bond acceptors (Lipinski definition) is 5. The highest BCUT2D eigenvalue weighted by Crippen LogP contribution is 2.27. The van der Waals surface area contributed by atoms with Gasteiger partial charge in [-0.15, -0.1) is 0 Å². The average molecular weight is 393 g/mol. The molecule has 29 heavy (non-hydrogen) atoms. The molecule has 0 aliphatic heterocycles. The van der Waals surface area contributed by atoms with Crippen LogP contribution in [0.5, 0.6) is 5.75 Å². The van der Waals surface area contributed by atoms with Crippen LogP contribution in [0.4, 0.5) is 5.69 Å². The number of hydrogen-bond donors (Lipinski definition) is 1. The second kappa shape index (κ2) is 9.37. The summed E-state index contributed by atoms with van der Waals surface area (Å²) < 4.78 is 10.7. The maximum Gasteiger partial charge on any atom is 0.227 e. The number of ether oxygens (including phenoxy) is 1. The van der Waals surface area contributed by atoms with Crippen LogP contribution in [-0.4, -0.2) is 22.7 Å². The van der Waals surface area contributed by atoms with Gasteiger partial charge in [0, 0.05) is 24.1 Å². The van der Waals surface area contributed by atoms with Gasteiger partial charge in [0.15, 0.2) is 0 Å². The van der Waals surface area contributed by atoms with Crippen molar-refractivity contribution in [3.63, 3.8) is 0 Å². The van der Waals surface area contributed by atoms with E-state index in [0.29, 0.717) is 30.7 Å². The summed E-state index contributed by atoms with van der Waals surface area (Å²) in [5.74, 6) is 2.01. The molecule has 0 saturated heterocycles. The Balaban J connectivity index is 1.61. The quantitative estimate of drug-likeness (QED) is 0.573. The highest BCUT2D eigenvalue weighted by Gasteiger charge is 2.14. The van der Waals surface area contributed by atoms with Crippen LogP contribution in [0.2, 0.25) is 0 Å². The normalized spacial score (nSPS) is 10.9. The molecule has 0 fully saturated rings. The largest absolute Gasteiger partial charge is 0.494 e. The van der Waals surface area contributed by atoms with Gasteiger partial charge >= 0.3 is 0 Å². The summed E-state index contributed by atoms with van der Waals surface area (Å²) in [7, 11) is 0. The van der Waals surface area contributed by atoms with Crippen molar-refractivity contribution in [2.24, 2.45) is 0 Å². The summed E-state index contributed by atoms with van der Waals surface area (Å²) in [5, 5.41) is 7.06. The van der Waals surface area contributed by atoms with E-state index in [4.69, 9.17) is 9.26 Å². The first-order valence-corrected chi connectivity index (χ1v) is 9.93. The van der Waals surface area contributed by atoms with Crippen LogP contribution >= 0.6 is 0 Å². The predicted molar refractivity (Wildman–Crippen MR) is 113 cm³/mol. The van der Waals surface area contributed by atoms with Crippen molar-refractivity contribution >= 4 is 11.6 Å². The van der Waals surface area contributed by atoms with Crippen LogP contribution in [0.1, 0.15) is 50.1 Å². The van der Waals surface area contributed by atoms with E-state index < -0.39 is 0 Å². The predicted octanol–water partition coefficient (Wildman–Crippen LogP) is 5.14. The Bertz CT molecular complexity index is 962. The number of aryl methyl sites for hydroxylation is 2. The fourth-order valence-corrected chi connectivity index (χ4v) is 3.11. The number of carbonyl (C=O) groups excluding carboxylic acids is 1. The van der Waals surface area contributed by atoms with E-state index in [9.17, 15) is 4.79 Å². The molecule has 1 amide bonds. The van der Waals surface area contributed by atoms with E-state index in [1.165, 1.54) is 0 Å². The molecule has 1 heterocycles. The lowest BCUT2D eigenvalue weighted by molar-refractivity contribution is -0.116. The number of para-hydroxylation sites is 1. The van der Waals surface area contributed by atoms with E-state index in [1.807, 2.05) is 56.3 Å². The molecule has 0 spiro atoms. The van der Waals surface area contributed by atoms with Crippen molar-refractivity contribution in [1.82, 2.24) is 10.1 Å². The molecule has 2 aromatic carbocycles. The van der Waals surface area contributed by atoms with E-state index in [1.54, 1.807) is 0 Å². The molecular weight excluding hydrogens is 366 g/mol. The first-order valence-electron chi connectivity index (χ1n) is 9.93. The van der Waals surface area contributed by atoms with Gasteiger partial charge in [0.2, 0.25) is 17.6 Å². The Morgan fingerprint density at radius 1 is 1.17 bits per heavy atom.